The maximum atomic E-state index is 13.1. The number of pyridine rings is 1. The highest BCUT2D eigenvalue weighted by Crippen LogP contribution is 2.40. The molecule has 1 aliphatic carbocycles. The van der Waals surface area contributed by atoms with Crippen molar-refractivity contribution in [3.8, 4) is 0 Å². The van der Waals surface area contributed by atoms with Crippen molar-refractivity contribution in [3.63, 3.8) is 0 Å². The van der Waals surface area contributed by atoms with E-state index < -0.39 is 0 Å². The van der Waals surface area contributed by atoms with Crippen molar-refractivity contribution in [2.45, 2.75) is 37.6 Å². The average molecular weight is 376 g/mol. The first-order chi connectivity index (χ1) is 13.6. The summed E-state index contributed by atoms with van der Waals surface area (Å²) in [5.41, 5.74) is 2.61. The number of nitrogens with zero attached hydrogens (tertiary/aromatic N) is 3. The fourth-order valence-corrected chi connectivity index (χ4v) is 4.11. The molecule has 3 aromatic rings. The van der Waals surface area contributed by atoms with Crippen LogP contribution in [0, 0.1) is 0 Å². The normalized spacial score (nSPS) is 18.6. The second kappa shape index (κ2) is 6.71. The Balaban J connectivity index is 1.54. The molecule has 0 radical (unpaired) electrons. The van der Waals surface area contributed by atoms with Crippen LogP contribution in [0.3, 0.4) is 0 Å². The van der Waals surface area contributed by atoms with E-state index in [0.29, 0.717) is 28.0 Å². The zero-order chi connectivity index (χ0) is 19.3. The van der Waals surface area contributed by atoms with Gasteiger partial charge in [0.2, 0.25) is 0 Å². The molecule has 144 valence electrons. The number of piperidine rings is 1. The summed E-state index contributed by atoms with van der Waals surface area (Å²) in [7, 11) is 2.10. The van der Waals surface area contributed by atoms with Gasteiger partial charge in [-0.05, 0) is 81.6 Å². The van der Waals surface area contributed by atoms with Gasteiger partial charge in [-0.3, -0.25) is 14.0 Å². The highest BCUT2D eigenvalue weighted by atomic mass is 16.2. The smallest absolute Gasteiger partial charge is 0.265 e. The van der Waals surface area contributed by atoms with Crippen LogP contribution in [0.15, 0.2) is 41.3 Å². The van der Waals surface area contributed by atoms with Gasteiger partial charge in [0.25, 0.3) is 11.5 Å². The third kappa shape index (κ3) is 3.07. The number of rotatable bonds is 3. The van der Waals surface area contributed by atoms with Crippen LogP contribution in [0.4, 0.5) is 0 Å². The lowest BCUT2D eigenvalue weighted by atomic mass is 10.0. The van der Waals surface area contributed by atoms with E-state index in [2.05, 4.69) is 28.3 Å². The molecule has 1 aliphatic heterocycles. The van der Waals surface area contributed by atoms with E-state index in [-0.39, 0.29) is 17.5 Å². The molecular formula is C22H24N4O2. The Morgan fingerprint density at radius 3 is 2.68 bits per heavy atom. The second-order valence-electron chi connectivity index (χ2n) is 8.13. The number of hydrogen-bond donors (Lipinski definition) is 1. The van der Waals surface area contributed by atoms with Crippen LogP contribution < -0.4 is 10.9 Å². The molecule has 0 spiro atoms. The Kier molecular flexibility index (Phi) is 4.16. The van der Waals surface area contributed by atoms with Gasteiger partial charge < -0.3 is 10.2 Å². The summed E-state index contributed by atoms with van der Waals surface area (Å²) in [4.78, 5) is 32.9. The molecule has 0 atom stereocenters. The molecule has 5 rings (SSSR count). The fourth-order valence-electron chi connectivity index (χ4n) is 4.11. The largest absolute Gasteiger partial charge is 0.349 e. The highest BCUT2D eigenvalue weighted by molar-refractivity contribution is 6.00. The predicted octanol–water partition coefficient (Wildman–Crippen LogP) is 2.55. The number of amides is 1. The summed E-state index contributed by atoms with van der Waals surface area (Å²) >= 11 is 0. The van der Waals surface area contributed by atoms with Crippen LogP contribution in [-0.4, -0.2) is 46.4 Å². The molecule has 28 heavy (non-hydrogen) atoms. The first kappa shape index (κ1) is 17.4. The Morgan fingerprint density at radius 1 is 1.14 bits per heavy atom. The molecule has 1 N–H and O–H groups in total. The topological polar surface area (TPSA) is 66.7 Å². The molecule has 2 fully saturated rings. The van der Waals surface area contributed by atoms with Crippen molar-refractivity contribution in [2.24, 2.45) is 0 Å². The van der Waals surface area contributed by atoms with Gasteiger partial charge >= 0.3 is 0 Å². The van der Waals surface area contributed by atoms with Gasteiger partial charge in [-0.2, -0.15) is 0 Å². The van der Waals surface area contributed by atoms with Crippen LogP contribution in [0.1, 0.15) is 47.5 Å². The van der Waals surface area contributed by atoms with E-state index in [0.717, 1.165) is 25.9 Å². The number of fused-ring (bicyclic) bond motifs is 2. The summed E-state index contributed by atoms with van der Waals surface area (Å²) in [6, 6.07) is 9.60. The Bertz CT molecular complexity index is 1120. The lowest BCUT2D eigenvalue weighted by molar-refractivity contribution is 0.0918. The number of likely N-dealkylation sites (tertiary alicyclic amines) is 1. The van der Waals surface area contributed by atoms with Crippen molar-refractivity contribution >= 4 is 22.5 Å². The zero-order valence-electron chi connectivity index (χ0n) is 16.0. The van der Waals surface area contributed by atoms with Gasteiger partial charge in [0, 0.05) is 12.2 Å². The summed E-state index contributed by atoms with van der Waals surface area (Å²) in [6.07, 6.45) is 5.95. The average Bonchev–Trinajstić information content (AvgIpc) is 3.55. The number of carbonyl (C=O) groups excluding carboxylic acids is 1. The molecule has 1 amide bonds. The maximum absolute atomic E-state index is 13.1. The van der Waals surface area contributed by atoms with Crippen LogP contribution in [0.2, 0.25) is 0 Å². The Morgan fingerprint density at radius 2 is 1.93 bits per heavy atom. The van der Waals surface area contributed by atoms with Crippen molar-refractivity contribution in [3.05, 3.63) is 58.0 Å². The quantitative estimate of drug-likeness (QED) is 0.714. The molecule has 2 aliphatic rings. The SMILES string of the molecule is CN1CCC(NC(=O)c2cccn3c(=O)c4cc(C5CC5)ccc4nc23)CC1. The van der Waals surface area contributed by atoms with E-state index in [9.17, 15) is 9.59 Å². The van der Waals surface area contributed by atoms with Gasteiger partial charge in [-0.25, -0.2) is 4.98 Å². The molecule has 2 aromatic heterocycles. The molecule has 6 nitrogen and oxygen atoms in total. The molecular weight excluding hydrogens is 352 g/mol. The number of benzene rings is 1. The zero-order valence-corrected chi connectivity index (χ0v) is 16.0. The van der Waals surface area contributed by atoms with E-state index in [1.54, 1.807) is 18.3 Å². The predicted molar refractivity (Wildman–Crippen MR) is 109 cm³/mol. The lowest BCUT2D eigenvalue weighted by Gasteiger charge is -2.29. The number of nitrogens with one attached hydrogen (secondary N) is 1. The van der Waals surface area contributed by atoms with Gasteiger partial charge in [0.05, 0.1) is 16.5 Å². The lowest BCUT2D eigenvalue weighted by Crippen LogP contribution is -2.43. The molecule has 1 saturated carbocycles. The van der Waals surface area contributed by atoms with E-state index in [1.807, 2.05) is 12.1 Å². The fraction of sp³-hybridized carbons (Fsp3) is 0.409. The minimum absolute atomic E-state index is 0.114. The molecule has 0 unspecified atom stereocenters. The van der Waals surface area contributed by atoms with Crippen LogP contribution in [-0.2, 0) is 0 Å². The van der Waals surface area contributed by atoms with E-state index in [4.69, 9.17) is 0 Å². The third-order valence-electron chi connectivity index (χ3n) is 6.01. The third-order valence-corrected chi connectivity index (χ3v) is 6.01. The van der Waals surface area contributed by atoms with Gasteiger partial charge in [0.1, 0.15) is 0 Å². The minimum Gasteiger partial charge on any atom is -0.349 e. The van der Waals surface area contributed by atoms with Gasteiger partial charge in [0.15, 0.2) is 5.65 Å². The van der Waals surface area contributed by atoms with Crippen molar-refractivity contribution in [1.82, 2.24) is 19.6 Å². The Hall–Kier alpha value is -2.73. The summed E-state index contributed by atoms with van der Waals surface area (Å²) < 4.78 is 1.50. The monoisotopic (exact) mass is 376 g/mol. The van der Waals surface area contributed by atoms with Gasteiger partial charge in [-0.15, -0.1) is 0 Å². The Labute approximate surface area is 163 Å². The standard InChI is InChI=1S/C22H24N4O2/c1-25-11-8-16(9-12-25)23-21(27)17-3-2-10-26-20(17)24-19-7-6-15(14-4-5-14)13-18(19)22(26)28/h2-3,6-7,10,13-14,16H,4-5,8-9,11-12H2,1H3,(H,23,27). The molecule has 6 heteroatoms. The van der Waals surface area contributed by atoms with Crippen molar-refractivity contribution in [2.75, 3.05) is 20.1 Å². The first-order valence-electron chi connectivity index (χ1n) is 10.0. The first-order valence-corrected chi connectivity index (χ1v) is 10.0. The number of aromatic nitrogens is 2. The van der Waals surface area contributed by atoms with Crippen molar-refractivity contribution < 1.29 is 4.79 Å². The summed E-state index contributed by atoms with van der Waals surface area (Å²) in [6.45, 7) is 1.96. The van der Waals surface area contributed by atoms with E-state index in [1.165, 1.54) is 22.8 Å². The minimum atomic E-state index is -0.159. The summed E-state index contributed by atoms with van der Waals surface area (Å²) in [5.74, 6) is 0.421. The highest BCUT2D eigenvalue weighted by Gasteiger charge is 2.25. The second-order valence-corrected chi connectivity index (χ2v) is 8.13. The van der Waals surface area contributed by atoms with Crippen molar-refractivity contribution in [1.29, 1.82) is 0 Å². The molecule has 1 saturated heterocycles. The number of hydrogen-bond acceptors (Lipinski definition) is 4. The van der Waals surface area contributed by atoms with Crippen LogP contribution in [0.25, 0.3) is 16.6 Å². The number of carbonyl (C=O) groups is 1. The molecule has 0 bridgehead atoms. The maximum Gasteiger partial charge on any atom is 0.265 e. The summed E-state index contributed by atoms with van der Waals surface area (Å²) in [5, 5.41) is 3.75. The van der Waals surface area contributed by atoms with Crippen LogP contribution >= 0.6 is 0 Å². The van der Waals surface area contributed by atoms with E-state index >= 15 is 0 Å². The van der Waals surface area contributed by atoms with Crippen LogP contribution in [0.5, 0.6) is 0 Å². The molecule has 3 heterocycles. The molecule has 1 aromatic carbocycles. The van der Waals surface area contributed by atoms with Gasteiger partial charge in [-0.1, -0.05) is 6.07 Å².